The van der Waals surface area contributed by atoms with E-state index >= 15 is 0 Å². The van der Waals surface area contributed by atoms with E-state index in [1.807, 2.05) is 47.6 Å². The minimum atomic E-state index is -0.581. The Morgan fingerprint density at radius 2 is 1.93 bits per heavy atom. The van der Waals surface area contributed by atoms with Crippen molar-refractivity contribution in [3.63, 3.8) is 0 Å². The molecule has 0 saturated heterocycles. The molecule has 0 radical (unpaired) electrons. The maximum absolute atomic E-state index is 13.2. The summed E-state index contributed by atoms with van der Waals surface area (Å²) in [4.78, 5) is 25.5. The Morgan fingerprint density at radius 1 is 1.25 bits per heavy atom. The number of carbonyl (C=O) groups is 1. The van der Waals surface area contributed by atoms with Crippen molar-refractivity contribution in [2.24, 2.45) is 11.8 Å². The van der Waals surface area contributed by atoms with Gasteiger partial charge in [-0.3, -0.25) is 4.79 Å². The third-order valence-corrected chi connectivity index (χ3v) is 5.43. The number of phenolic OH excluding ortho intramolecular Hbond substituents is 1. The number of Topliss-reactive ketones (excluding diaryl/α,β-unsaturated/α-hetero) is 1. The monoisotopic (exact) mass is 384 g/mol. The number of ketones is 1. The van der Waals surface area contributed by atoms with Crippen LogP contribution in [0.15, 0.2) is 21.4 Å². The number of benzene rings is 1. The van der Waals surface area contributed by atoms with Gasteiger partial charge in [-0.1, -0.05) is 34.1 Å². The van der Waals surface area contributed by atoms with Gasteiger partial charge >= 0.3 is 5.63 Å². The molecule has 0 aliphatic carbocycles. The first-order valence-corrected chi connectivity index (χ1v) is 9.85. The fourth-order valence-corrected chi connectivity index (χ4v) is 3.52. The highest BCUT2D eigenvalue weighted by atomic mass is 16.5. The molecule has 0 fully saturated rings. The van der Waals surface area contributed by atoms with Gasteiger partial charge in [0.2, 0.25) is 0 Å². The summed E-state index contributed by atoms with van der Waals surface area (Å²) < 4.78 is 11.7. The molecule has 28 heavy (non-hydrogen) atoms. The average molecular weight is 384 g/mol. The molecule has 1 aromatic carbocycles. The summed E-state index contributed by atoms with van der Waals surface area (Å²) in [6.07, 6.45) is 5.09. The molecule has 2 heterocycles. The van der Waals surface area contributed by atoms with E-state index in [1.165, 1.54) is 6.07 Å². The summed E-state index contributed by atoms with van der Waals surface area (Å²) in [7, 11) is 0. The van der Waals surface area contributed by atoms with Crippen LogP contribution < -0.4 is 10.4 Å². The lowest BCUT2D eigenvalue weighted by atomic mass is 9.86. The maximum atomic E-state index is 13.2. The van der Waals surface area contributed by atoms with Crippen molar-refractivity contribution in [2.75, 3.05) is 0 Å². The number of hydrogen-bond donors (Lipinski definition) is 1. The second kappa shape index (κ2) is 7.12. The van der Waals surface area contributed by atoms with Crippen molar-refractivity contribution < 1.29 is 19.1 Å². The molecule has 0 amide bonds. The highest BCUT2D eigenvalue weighted by Gasteiger charge is 2.34. The molecular formula is C23H28O5. The standard InChI is InChI=1S/C23H28O5/c1-7-8-14-11-16(24)27-22-17(14)21-15(9-10-23(5,6)28-21)20(26)18(22)19(25)13(4)12(2)3/h9-13,26H,7-8H2,1-6H3/t13-/m0/s1. The summed E-state index contributed by atoms with van der Waals surface area (Å²) in [6, 6.07) is 1.46. The molecule has 1 aromatic heterocycles. The Labute approximate surface area is 165 Å². The largest absolute Gasteiger partial charge is 0.506 e. The molecule has 0 unspecified atom stereocenters. The molecular weight excluding hydrogens is 356 g/mol. The quantitative estimate of drug-likeness (QED) is 0.572. The molecule has 0 spiro atoms. The van der Waals surface area contributed by atoms with Crippen LogP contribution in [0.4, 0.5) is 0 Å². The van der Waals surface area contributed by atoms with E-state index in [4.69, 9.17) is 9.15 Å². The van der Waals surface area contributed by atoms with Crippen molar-refractivity contribution in [1.82, 2.24) is 0 Å². The number of ether oxygens (including phenoxy) is 1. The predicted molar refractivity (Wildman–Crippen MR) is 110 cm³/mol. The van der Waals surface area contributed by atoms with Crippen molar-refractivity contribution in [3.05, 3.63) is 39.3 Å². The Balaban J connectivity index is 2.47. The second-order valence-corrected chi connectivity index (χ2v) is 8.45. The lowest BCUT2D eigenvalue weighted by Gasteiger charge is -2.30. The van der Waals surface area contributed by atoms with Gasteiger partial charge in [-0.25, -0.2) is 4.79 Å². The lowest BCUT2D eigenvalue weighted by molar-refractivity contribution is 0.0897. The number of carbonyl (C=O) groups excluding carboxylic acids is 1. The molecule has 1 aliphatic heterocycles. The molecule has 1 atom stereocenters. The number of aryl methyl sites for hydroxylation is 1. The second-order valence-electron chi connectivity index (χ2n) is 8.45. The highest BCUT2D eigenvalue weighted by Crippen LogP contribution is 2.47. The maximum Gasteiger partial charge on any atom is 0.336 e. The van der Waals surface area contributed by atoms with E-state index in [0.29, 0.717) is 23.1 Å². The van der Waals surface area contributed by atoms with Gasteiger partial charge in [0.1, 0.15) is 22.7 Å². The van der Waals surface area contributed by atoms with Gasteiger partial charge in [-0.2, -0.15) is 0 Å². The molecule has 0 bridgehead atoms. The lowest BCUT2D eigenvalue weighted by Crippen LogP contribution is -2.28. The molecule has 5 heteroatoms. The normalized spacial score (nSPS) is 16.1. The van der Waals surface area contributed by atoms with Gasteiger partial charge in [0, 0.05) is 12.0 Å². The smallest absolute Gasteiger partial charge is 0.336 e. The molecule has 0 saturated carbocycles. The Bertz CT molecular complexity index is 1020. The van der Waals surface area contributed by atoms with Crippen LogP contribution >= 0.6 is 0 Å². The number of aromatic hydroxyl groups is 1. The molecule has 150 valence electrons. The summed E-state index contributed by atoms with van der Waals surface area (Å²) in [6.45, 7) is 11.6. The number of phenols is 1. The first kappa shape index (κ1) is 20.2. The first-order valence-electron chi connectivity index (χ1n) is 9.85. The van der Waals surface area contributed by atoms with E-state index in [1.54, 1.807) is 6.08 Å². The zero-order chi connectivity index (χ0) is 20.8. The van der Waals surface area contributed by atoms with Gasteiger partial charge < -0.3 is 14.3 Å². The van der Waals surface area contributed by atoms with Crippen molar-refractivity contribution in [1.29, 1.82) is 0 Å². The van der Waals surface area contributed by atoms with Crippen molar-refractivity contribution in [2.45, 2.75) is 60.0 Å². The molecule has 2 aromatic rings. The van der Waals surface area contributed by atoms with Gasteiger partial charge in [-0.05, 0) is 43.9 Å². The molecule has 5 nitrogen and oxygen atoms in total. The van der Waals surface area contributed by atoms with Crippen LogP contribution in [0.5, 0.6) is 11.5 Å². The van der Waals surface area contributed by atoms with Gasteiger partial charge in [0.15, 0.2) is 11.4 Å². The fraction of sp³-hybridized carbons (Fsp3) is 0.478. The highest BCUT2D eigenvalue weighted by molar-refractivity contribution is 6.13. The van der Waals surface area contributed by atoms with E-state index in [9.17, 15) is 14.7 Å². The van der Waals surface area contributed by atoms with E-state index in [2.05, 4.69) is 0 Å². The van der Waals surface area contributed by atoms with Crippen LogP contribution in [-0.2, 0) is 6.42 Å². The SMILES string of the molecule is CCCc1cc(=O)oc2c(C(=O)[C@@H](C)C(C)C)c(O)c3c(c12)OC(C)(C)C=C3. The summed E-state index contributed by atoms with van der Waals surface area (Å²) >= 11 is 0. The number of rotatable bonds is 5. The average Bonchev–Trinajstić information content (AvgIpc) is 2.59. The van der Waals surface area contributed by atoms with E-state index in [0.717, 1.165) is 12.0 Å². The number of hydrogen-bond acceptors (Lipinski definition) is 5. The summed E-state index contributed by atoms with van der Waals surface area (Å²) in [5.41, 5.74) is 0.295. The molecule has 3 rings (SSSR count). The summed E-state index contributed by atoms with van der Waals surface area (Å²) in [5.74, 6) is -0.230. The van der Waals surface area contributed by atoms with Gasteiger partial charge in [0.05, 0.1) is 10.9 Å². The van der Waals surface area contributed by atoms with E-state index < -0.39 is 11.2 Å². The van der Waals surface area contributed by atoms with Crippen LogP contribution in [0.25, 0.3) is 17.0 Å². The fourth-order valence-electron chi connectivity index (χ4n) is 3.52. The topological polar surface area (TPSA) is 76.7 Å². The zero-order valence-corrected chi connectivity index (χ0v) is 17.4. The molecule has 1 N–H and O–H groups in total. The Hall–Kier alpha value is -2.56. The van der Waals surface area contributed by atoms with Gasteiger partial charge in [0.25, 0.3) is 0 Å². The Kier molecular flexibility index (Phi) is 5.13. The Morgan fingerprint density at radius 3 is 2.54 bits per heavy atom. The predicted octanol–water partition coefficient (Wildman–Crippen LogP) is 5.11. The van der Waals surface area contributed by atoms with Crippen LogP contribution in [0.3, 0.4) is 0 Å². The third kappa shape index (κ3) is 3.34. The van der Waals surface area contributed by atoms with Crippen molar-refractivity contribution in [3.8, 4) is 11.5 Å². The molecule has 1 aliphatic rings. The third-order valence-electron chi connectivity index (χ3n) is 5.43. The minimum absolute atomic E-state index is 0.0676. The minimum Gasteiger partial charge on any atom is -0.506 e. The van der Waals surface area contributed by atoms with Crippen LogP contribution in [-0.4, -0.2) is 16.5 Å². The van der Waals surface area contributed by atoms with Crippen LogP contribution in [0, 0.1) is 11.8 Å². The zero-order valence-electron chi connectivity index (χ0n) is 17.4. The first-order chi connectivity index (χ1) is 13.1. The van der Waals surface area contributed by atoms with Gasteiger partial charge in [-0.15, -0.1) is 0 Å². The van der Waals surface area contributed by atoms with Crippen LogP contribution in [0.2, 0.25) is 0 Å². The van der Waals surface area contributed by atoms with E-state index in [-0.39, 0.29) is 34.5 Å². The van der Waals surface area contributed by atoms with Crippen LogP contribution in [0.1, 0.15) is 69.4 Å². The van der Waals surface area contributed by atoms with Crippen molar-refractivity contribution >= 4 is 22.8 Å². The number of fused-ring (bicyclic) bond motifs is 3. The summed E-state index contributed by atoms with van der Waals surface area (Å²) in [5, 5.41) is 11.6.